The largest absolute Gasteiger partial charge is 0.342 e. The van der Waals surface area contributed by atoms with Gasteiger partial charge in [-0.1, -0.05) is 19.9 Å². The van der Waals surface area contributed by atoms with E-state index < -0.39 is 29.6 Å². The van der Waals surface area contributed by atoms with E-state index in [2.05, 4.69) is 5.32 Å². The Morgan fingerprint density at radius 2 is 1.96 bits per heavy atom. The molecule has 6 nitrogen and oxygen atoms in total. The quantitative estimate of drug-likeness (QED) is 0.856. The third-order valence-electron chi connectivity index (χ3n) is 4.67. The van der Waals surface area contributed by atoms with Crippen molar-refractivity contribution in [3.05, 3.63) is 35.4 Å². The van der Waals surface area contributed by atoms with Crippen LogP contribution in [0.2, 0.25) is 0 Å². The van der Waals surface area contributed by atoms with Crippen molar-refractivity contribution >= 4 is 17.7 Å². The average Bonchev–Trinajstić information content (AvgIpc) is 2.59. The molecule has 2 atom stereocenters. The van der Waals surface area contributed by atoms with Gasteiger partial charge in [-0.3, -0.25) is 14.4 Å². The minimum absolute atomic E-state index is 0.0431. The molecule has 134 valence electrons. The number of nitrogens with zero attached hydrogens (tertiary/aromatic N) is 2. The van der Waals surface area contributed by atoms with Crippen LogP contribution >= 0.6 is 0 Å². The second-order valence-electron chi connectivity index (χ2n) is 6.63. The fraction of sp³-hybridized carbons (Fsp3) is 0.471. The number of piperazine rings is 2. The molecule has 0 unspecified atom stereocenters. The van der Waals surface area contributed by atoms with Crippen molar-refractivity contribution in [3.63, 3.8) is 0 Å². The van der Waals surface area contributed by atoms with Crippen molar-refractivity contribution in [2.24, 2.45) is 5.92 Å². The molecule has 0 saturated carbocycles. The van der Waals surface area contributed by atoms with E-state index in [9.17, 15) is 23.2 Å². The molecule has 25 heavy (non-hydrogen) atoms. The number of carbonyl (C=O) groups excluding carboxylic acids is 3. The van der Waals surface area contributed by atoms with Gasteiger partial charge in [-0.15, -0.1) is 0 Å². The fourth-order valence-corrected chi connectivity index (χ4v) is 3.24. The smallest absolute Gasteiger partial charge is 0.257 e. The first-order valence-corrected chi connectivity index (χ1v) is 8.15. The SMILES string of the molecule is CC(C)[C@@H]1NC(=O)[C@H]2CN(C(=O)c3cccc(F)c3F)CCN2C1=O. The van der Waals surface area contributed by atoms with E-state index in [1.807, 2.05) is 13.8 Å². The minimum atomic E-state index is -1.21. The summed E-state index contributed by atoms with van der Waals surface area (Å²) in [5.41, 5.74) is -0.379. The Morgan fingerprint density at radius 1 is 1.24 bits per heavy atom. The van der Waals surface area contributed by atoms with Crippen LogP contribution < -0.4 is 5.32 Å². The van der Waals surface area contributed by atoms with Crippen molar-refractivity contribution in [2.45, 2.75) is 25.9 Å². The lowest BCUT2D eigenvalue weighted by Gasteiger charge is -2.46. The monoisotopic (exact) mass is 351 g/mol. The molecule has 2 aliphatic rings. The highest BCUT2D eigenvalue weighted by Crippen LogP contribution is 2.22. The maximum atomic E-state index is 13.9. The van der Waals surface area contributed by atoms with Crippen LogP contribution in [0.1, 0.15) is 24.2 Å². The number of amides is 3. The number of nitrogens with one attached hydrogen (secondary N) is 1. The highest BCUT2D eigenvalue weighted by Gasteiger charge is 2.45. The molecule has 1 aromatic rings. The first-order chi connectivity index (χ1) is 11.8. The van der Waals surface area contributed by atoms with E-state index in [1.165, 1.54) is 21.9 Å². The molecule has 0 aromatic heterocycles. The van der Waals surface area contributed by atoms with Crippen LogP contribution in [-0.2, 0) is 9.59 Å². The van der Waals surface area contributed by atoms with Gasteiger partial charge in [0.25, 0.3) is 5.91 Å². The van der Waals surface area contributed by atoms with E-state index in [-0.39, 0.29) is 42.9 Å². The zero-order valence-corrected chi connectivity index (χ0v) is 14.0. The van der Waals surface area contributed by atoms with Gasteiger partial charge < -0.3 is 15.1 Å². The summed E-state index contributed by atoms with van der Waals surface area (Å²) in [6.07, 6.45) is 0. The number of carbonyl (C=O) groups is 3. The van der Waals surface area contributed by atoms with Gasteiger partial charge >= 0.3 is 0 Å². The summed E-state index contributed by atoms with van der Waals surface area (Å²) >= 11 is 0. The lowest BCUT2D eigenvalue weighted by atomic mass is 9.96. The molecule has 0 aliphatic carbocycles. The van der Waals surface area contributed by atoms with Crippen molar-refractivity contribution in [2.75, 3.05) is 19.6 Å². The van der Waals surface area contributed by atoms with E-state index in [1.54, 1.807) is 0 Å². The zero-order chi connectivity index (χ0) is 18.3. The Kier molecular flexibility index (Phi) is 4.45. The molecule has 0 radical (unpaired) electrons. The van der Waals surface area contributed by atoms with Gasteiger partial charge in [-0.05, 0) is 18.1 Å². The number of hydrogen-bond acceptors (Lipinski definition) is 3. The van der Waals surface area contributed by atoms with Crippen molar-refractivity contribution in [3.8, 4) is 0 Å². The van der Waals surface area contributed by atoms with Gasteiger partial charge in [0.1, 0.15) is 12.1 Å². The molecule has 2 aliphatic heterocycles. The summed E-state index contributed by atoms with van der Waals surface area (Å²) in [5.74, 6) is -3.56. The van der Waals surface area contributed by atoms with Crippen LogP contribution in [0.3, 0.4) is 0 Å². The van der Waals surface area contributed by atoms with Gasteiger partial charge in [-0.25, -0.2) is 8.78 Å². The molecule has 3 rings (SSSR count). The molecule has 2 heterocycles. The molecule has 2 fully saturated rings. The Bertz CT molecular complexity index is 738. The molecule has 1 aromatic carbocycles. The van der Waals surface area contributed by atoms with Gasteiger partial charge in [0.15, 0.2) is 11.6 Å². The number of benzene rings is 1. The van der Waals surface area contributed by atoms with Crippen molar-refractivity contribution in [1.82, 2.24) is 15.1 Å². The summed E-state index contributed by atoms with van der Waals surface area (Å²) in [7, 11) is 0. The first kappa shape index (κ1) is 17.3. The summed E-state index contributed by atoms with van der Waals surface area (Å²) in [6.45, 7) is 3.99. The molecule has 8 heteroatoms. The van der Waals surface area contributed by atoms with Crippen LogP contribution in [0, 0.1) is 17.6 Å². The maximum absolute atomic E-state index is 13.9. The number of fused-ring (bicyclic) bond motifs is 1. The lowest BCUT2D eigenvalue weighted by molar-refractivity contribution is -0.153. The number of halogens is 2. The van der Waals surface area contributed by atoms with Gasteiger partial charge in [-0.2, -0.15) is 0 Å². The predicted molar refractivity (Wildman–Crippen MR) is 84.5 cm³/mol. The van der Waals surface area contributed by atoms with Gasteiger partial charge in [0.05, 0.1) is 12.1 Å². The standard InChI is InChI=1S/C17H19F2N3O3/c1-9(2)14-17(25)22-7-6-21(8-12(22)15(23)20-14)16(24)10-4-3-5-11(18)13(10)19/h3-5,9,12,14H,6-8H2,1-2H3,(H,20,23)/t12-,14+/m1/s1. The first-order valence-electron chi connectivity index (χ1n) is 8.15. The topological polar surface area (TPSA) is 69.7 Å². The molecular weight excluding hydrogens is 332 g/mol. The molecule has 0 spiro atoms. The summed E-state index contributed by atoms with van der Waals surface area (Å²) in [4.78, 5) is 40.1. The number of rotatable bonds is 2. The average molecular weight is 351 g/mol. The van der Waals surface area contributed by atoms with Crippen LogP contribution in [0.25, 0.3) is 0 Å². The Labute approximate surface area is 143 Å². The van der Waals surface area contributed by atoms with Crippen LogP contribution in [0.15, 0.2) is 18.2 Å². The Hall–Kier alpha value is -2.51. The summed E-state index contributed by atoms with van der Waals surface area (Å²) in [5, 5.41) is 2.68. The van der Waals surface area contributed by atoms with Gasteiger partial charge in [0.2, 0.25) is 11.8 Å². The molecule has 1 N–H and O–H groups in total. The van der Waals surface area contributed by atoms with Gasteiger partial charge in [0, 0.05) is 13.1 Å². The van der Waals surface area contributed by atoms with Crippen LogP contribution in [-0.4, -0.2) is 59.2 Å². The minimum Gasteiger partial charge on any atom is -0.342 e. The van der Waals surface area contributed by atoms with E-state index in [4.69, 9.17) is 0 Å². The maximum Gasteiger partial charge on any atom is 0.257 e. The Balaban J connectivity index is 1.79. The third kappa shape index (κ3) is 2.96. The second-order valence-corrected chi connectivity index (χ2v) is 6.63. The van der Waals surface area contributed by atoms with Crippen LogP contribution in [0.5, 0.6) is 0 Å². The van der Waals surface area contributed by atoms with E-state index in [0.29, 0.717) is 0 Å². The molecular formula is C17H19F2N3O3. The van der Waals surface area contributed by atoms with Crippen molar-refractivity contribution in [1.29, 1.82) is 0 Å². The summed E-state index contributed by atoms with van der Waals surface area (Å²) < 4.78 is 27.2. The highest BCUT2D eigenvalue weighted by atomic mass is 19.2. The second kappa shape index (κ2) is 6.42. The zero-order valence-electron chi connectivity index (χ0n) is 14.0. The van der Waals surface area contributed by atoms with E-state index in [0.717, 1.165) is 6.07 Å². The lowest BCUT2D eigenvalue weighted by Crippen LogP contribution is -2.70. The molecule has 3 amide bonds. The van der Waals surface area contributed by atoms with E-state index >= 15 is 0 Å². The summed E-state index contributed by atoms with van der Waals surface area (Å²) in [6, 6.07) is 2.01. The Morgan fingerprint density at radius 3 is 2.64 bits per heavy atom. The van der Waals surface area contributed by atoms with Crippen LogP contribution in [0.4, 0.5) is 8.78 Å². The normalized spacial score (nSPS) is 23.6. The third-order valence-corrected chi connectivity index (χ3v) is 4.67. The predicted octanol–water partition coefficient (Wildman–Crippen LogP) is 0.772. The number of hydrogen-bond donors (Lipinski definition) is 1. The van der Waals surface area contributed by atoms with Crippen molar-refractivity contribution < 1.29 is 23.2 Å². The fourth-order valence-electron chi connectivity index (χ4n) is 3.24. The molecule has 0 bridgehead atoms. The molecule has 2 saturated heterocycles. The highest BCUT2D eigenvalue weighted by molar-refractivity contribution is 5.99.